The van der Waals surface area contributed by atoms with E-state index in [-0.39, 0.29) is 0 Å². The first-order valence-electron chi connectivity index (χ1n) is 7.90. The Morgan fingerprint density at radius 1 is 1.28 bits per heavy atom. The smallest absolute Gasteiger partial charge is 0.00176 e. The monoisotopic (exact) mass is 251 g/mol. The van der Waals surface area contributed by atoms with Gasteiger partial charge in [0.05, 0.1) is 0 Å². The molecule has 0 aromatic carbocycles. The minimum Gasteiger partial charge on any atom is -0.316 e. The van der Waals surface area contributed by atoms with E-state index in [9.17, 15) is 0 Å². The Kier molecular flexibility index (Phi) is 6.99. The molecule has 18 heavy (non-hydrogen) atoms. The van der Waals surface area contributed by atoms with E-state index in [1.165, 1.54) is 37.8 Å². The molecule has 106 valence electrons. The molecule has 3 atom stereocenters. The second-order valence-corrected chi connectivity index (χ2v) is 6.80. The van der Waals surface area contributed by atoms with Crippen LogP contribution in [0, 0.1) is 23.7 Å². The van der Waals surface area contributed by atoms with E-state index in [0.29, 0.717) is 0 Å². The molecule has 1 aliphatic rings. The highest BCUT2D eigenvalue weighted by atomic mass is 14.9. The van der Waals surface area contributed by atoms with Gasteiger partial charge in [-0.15, -0.1) is 0 Å². The average molecular weight is 251 g/mol. The third-order valence-electron chi connectivity index (χ3n) is 4.41. The van der Waals surface area contributed by atoms with Crippen molar-refractivity contribution in [2.75, 3.05) is 13.1 Å². The molecule has 0 radical (unpaired) electrons. The summed E-state index contributed by atoms with van der Waals surface area (Å²) in [6, 6.07) is 0. The third kappa shape index (κ3) is 5.56. The van der Waals surface area contributed by atoms with E-state index in [2.05, 4.69) is 39.6 Å². The molecule has 0 saturated heterocycles. The van der Waals surface area contributed by atoms with Crippen molar-refractivity contribution >= 4 is 0 Å². The summed E-state index contributed by atoms with van der Waals surface area (Å²) in [7, 11) is 0. The molecule has 0 spiro atoms. The molecule has 0 aromatic heterocycles. The maximum absolute atomic E-state index is 4.21. The van der Waals surface area contributed by atoms with Crippen LogP contribution in [0.15, 0.2) is 12.2 Å². The van der Waals surface area contributed by atoms with E-state index in [4.69, 9.17) is 0 Å². The van der Waals surface area contributed by atoms with E-state index < -0.39 is 0 Å². The Morgan fingerprint density at radius 3 is 2.61 bits per heavy atom. The van der Waals surface area contributed by atoms with Crippen molar-refractivity contribution in [2.24, 2.45) is 23.7 Å². The highest BCUT2D eigenvalue weighted by Crippen LogP contribution is 2.37. The van der Waals surface area contributed by atoms with Gasteiger partial charge in [-0.2, -0.15) is 0 Å². The molecule has 1 heteroatoms. The van der Waals surface area contributed by atoms with Gasteiger partial charge in [-0.05, 0) is 62.4 Å². The summed E-state index contributed by atoms with van der Waals surface area (Å²) in [4.78, 5) is 0. The van der Waals surface area contributed by atoms with Gasteiger partial charge >= 0.3 is 0 Å². The van der Waals surface area contributed by atoms with Crippen LogP contribution in [0.4, 0.5) is 0 Å². The summed E-state index contributed by atoms with van der Waals surface area (Å²) in [5.74, 6) is 3.43. The second-order valence-electron chi connectivity index (χ2n) is 6.80. The van der Waals surface area contributed by atoms with Crippen LogP contribution in [0.3, 0.4) is 0 Å². The number of rotatable bonds is 7. The van der Waals surface area contributed by atoms with Crippen molar-refractivity contribution in [3.05, 3.63) is 12.2 Å². The van der Waals surface area contributed by atoms with E-state index in [0.717, 1.165) is 36.6 Å². The van der Waals surface area contributed by atoms with E-state index in [1.807, 2.05) is 0 Å². The van der Waals surface area contributed by atoms with Crippen molar-refractivity contribution in [3.63, 3.8) is 0 Å². The summed E-state index contributed by atoms with van der Waals surface area (Å²) in [5, 5.41) is 3.66. The van der Waals surface area contributed by atoms with Gasteiger partial charge in [0.25, 0.3) is 0 Å². The fourth-order valence-electron chi connectivity index (χ4n) is 3.15. The lowest BCUT2D eigenvalue weighted by molar-refractivity contribution is 0.182. The summed E-state index contributed by atoms with van der Waals surface area (Å²) < 4.78 is 0. The highest BCUT2D eigenvalue weighted by Gasteiger charge is 2.28. The van der Waals surface area contributed by atoms with Crippen LogP contribution < -0.4 is 5.32 Å². The zero-order chi connectivity index (χ0) is 13.5. The Balaban J connectivity index is 2.42. The molecule has 1 rings (SSSR count). The second kappa shape index (κ2) is 7.99. The average Bonchev–Trinajstić information content (AvgIpc) is 2.31. The topological polar surface area (TPSA) is 12.0 Å². The Morgan fingerprint density at radius 2 is 2.00 bits per heavy atom. The Bertz CT molecular complexity index is 244. The van der Waals surface area contributed by atoms with Gasteiger partial charge in [0, 0.05) is 0 Å². The van der Waals surface area contributed by atoms with Gasteiger partial charge in [-0.25, -0.2) is 0 Å². The van der Waals surface area contributed by atoms with Crippen LogP contribution in [-0.4, -0.2) is 13.1 Å². The lowest BCUT2D eigenvalue weighted by atomic mass is 9.72. The standard InChI is InChI=1S/C17H33N/c1-6-14(4)9-17-10-15(5)7-8-16(17)12-18-11-13(2)3/h13,15-18H,4,6-12H2,1-3,5H3. The SMILES string of the molecule is C=C(CC)CC1CC(C)CCC1CNCC(C)C. The zero-order valence-electron chi connectivity index (χ0n) is 13.0. The molecule has 0 bridgehead atoms. The first-order chi connectivity index (χ1) is 8.52. The van der Waals surface area contributed by atoms with Crippen molar-refractivity contribution in [2.45, 2.75) is 59.8 Å². The summed E-state index contributed by atoms with van der Waals surface area (Å²) in [6.07, 6.45) is 6.65. The minimum atomic E-state index is 0.761. The van der Waals surface area contributed by atoms with Gasteiger partial charge in [0.1, 0.15) is 0 Å². The molecular formula is C17H33N. The Hall–Kier alpha value is -0.300. The van der Waals surface area contributed by atoms with E-state index in [1.54, 1.807) is 0 Å². The maximum Gasteiger partial charge on any atom is -0.00176 e. The molecule has 1 N–H and O–H groups in total. The molecule has 3 unspecified atom stereocenters. The minimum absolute atomic E-state index is 0.761. The molecule has 0 heterocycles. The number of allylic oxidation sites excluding steroid dienone is 1. The summed E-state index contributed by atoms with van der Waals surface area (Å²) in [5.41, 5.74) is 1.45. The fourth-order valence-corrected chi connectivity index (χ4v) is 3.15. The third-order valence-corrected chi connectivity index (χ3v) is 4.41. The molecule has 0 aliphatic heterocycles. The van der Waals surface area contributed by atoms with Gasteiger partial charge in [0.15, 0.2) is 0 Å². The zero-order valence-corrected chi connectivity index (χ0v) is 13.0. The van der Waals surface area contributed by atoms with Gasteiger partial charge in [-0.3, -0.25) is 0 Å². The quantitative estimate of drug-likeness (QED) is 0.650. The molecular weight excluding hydrogens is 218 g/mol. The van der Waals surface area contributed by atoms with Crippen molar-refractivity contribution < 1.29 is 0 Å². The molecule has 0 amide bonds. The summed E-state index contributed by atoms with van der Waals surface area (Å²) in [6.45, 7) is 15.8. The lowest BCUT2D eigenvalue weighted by Gasteiger charge is -2.35. The molecule has 1 saturated carbocycles. The van der Waals surface area contributed by atoms with Crippen LogP contribution >= 0.6 is 0 Å². The van der Waals surface area contributed by atoms with Crippen LogP contribution in [0.1, 0.15) is 59.8 Å². The predicted octanol–water partition coefficient (Wildman–Crippen LogP) is 4.64. The van der Waals surface area contributed by atoms with Crippen LogP contribution in [0.25, 0.3) is 0 Å². The molecule has 1 fully saturated rings. The Labute approximate surface area is 114 Å². The van der Waals surface area contributed by atoms with Crippen molar-refractivity contribution in [3.8, 4) is 0 Å². The largest absolute Gasteiger partial charge is 0.316 e. The van der Waals surface area contributed by atoms with E-state index >= 15 is 0 Å². The lowest BCUT2D eigenvalue weighted by Crippen LogP contribution is -2.34. The van der Waals surface area contributed by atoms with Gasteiger partial charge in [-0.1, -0.05) is 46.3 Å². The molecule has 1 nitrogen and oxygen atoms in total. The highest BCUT2D eigenvalue weighted by molar-refractivity contribution is 4.97. The summed E-state index contributed by atoms with van der Waals surface area (Å²) >= 11 is 0. The van der Waals surface area contributed by atoms with Crippen LogP contribution in [-0.2, 0) is 0 Å². The normalized spacial score (nSPS) is 28.6. The van der Waals surface area contributed by atoms with Crippen molar-refractivity contribution in [1.29, 1.82) is 0 Å². The fraction of sp³-hybridized carbons (Fsp3) is 0.882. The van der Waals surface area contributed by atoms with Gasteiger partial charge < -0.3 is 5.32 Å². The first kappa shape index (κ1) is 15.8. The first-order valence-corrected chi connectivity index (χ1v) is 7.90. The van der Waals surface area contributed by atoms with Crippen LogP contribution in [0.2, 0.25) is 0 Å². The predicted molar refractivity (Wildman–Crippen MR) is 81.8 cm³/mol. The van der Waals surface area contributed by atoms with Crippen LogP contribution in [0.5, 0.6) is 0 Å². The molecule has 1 aliphatic carbocycles. The maximum atomic E-state index is 4.21. The van der Waals surface area contributed by atoms with Gasteiger partial charge in [0.2, 0.25) is 0 Å². The number of hydrogen-bond donors (Lipinski definition) is 1. The number of nitrogens with one attached hydrogen (secondary N) is 1. The number of hydrogen-bond acceptors (Lipinski definition) is 1. The van der Waals surface area contributed by atoms with Crippen molar-refractivity contribution in [1.82, 2.24) is 5.32 Å². The molecule has 0 aromatic rings.